The Hall–Kier alpha value is -2.28. The standard InChI is InChI=1S/C16H20N6O/c1-10-7-11(2)22-16(19-10)13(9-18-22)15-20-14(23-21-15)4-3-12-5-6-17-8-12/h7,9,12,17H,3-6,8H2,1-2H3. The minimum absolute atomic E-state index is 0.567. The SMILES string of the molecule is Cc1cc(C)n2ncc(-c3noc(CCC4CCNC4)n3)c2n1. The van der Waals surface area contributed by atoms with Gasteiger partial charge in [0.2, 0.25) is 11.7 Å². The molecule has 1 atom stereocenters. The van der Waals surface area contributed by atoms with Crippen LogP contribution in [0.25, 0.3) is 17.0 Å². The highest BCUT2D eigenvalue weighted by Crippen LogP contribution is 2.23. The second kappa shape index (κ2) is 5.73. The zero-order valence-electron chi connectivity index (χ0n) is 13.4. The number of hydrogen-bond donors (Lipinski definition) is 1. The molecular formula is C16H20N6O. The molecule has 1 saturated heterocycles. The van der Waals surface area contributed by atoms with Gasteiger partial charge in [0.1, 0.15) is 0 Å². The smallest absolute Gasteiger partial charge is 0.226 e. The molecule has 0 aromatic carbocycles. The third kappa shape index (κ3) is 2.72. The molecular weight excluding hydrogens is 292 g/mol. The number of rotatable bonds is 4. The zero-order valence-corrected chi connectivity index (χ0v) is 13.4. The summed E-state index contributed by atoms with van der Waals surface area (Å²) in [5.41, 5.74) is 3.58. The van der Waals surface area contributed by atoms with Crippen molar-refractivity contribution in [2.45, 2.75) is 33.1 Å². The van der Waals surface area contributed by atoms with Gasteiger partial charge in [-0.15, -0.1) is 0 Å². The molecule has 1 aliphatic rings. The minimum atomic E-state index is 0.567. The van der Waals surface area contributed by atoms with Crippen LogP contribution in [0.5, 0.6) is 0 Å². The number of aryl methyl sites for hydroxylation is 3. The maximum Gasteiger partial charge on any atom is 0.226 e. The fourth-order valence-electron chi connectivity index (χ4n) is 3.18. The third-order valence-corrected chi connectivity index (χ3v) is 4.42. The van der Waals surface area contributed by atoms with Gasteiger partial charge < -0.3 is 9.84 Å². The molecule has 4 rings (SSSR count). The van der Waals surface area contributed by atoms with Crippen molar-refractivity contribution in [1.29, 1.82) is 0 Å². The first-order valence-electron chi connectivity index (χ1n) is 8.06. The van der Waals surface area contributed by atoms with Crippen LogP contribution in [0.1, 0.15) is 30.1 Å². The number of nitrogens with zero attached hydrogens (tertiary/aromatic N) is 5. The monoisotopic (exact) mass is 312 g/mol. The van der Waals surface area contributed by atoms with Crippen molar-refractivity contribution in [3.05, 3.63) is 29.5 Å². The molecule has 3 aromatic rings. The maximum absolute atomic E-state index is 5.41. The van der Waals surface area contributed by atoms with Crippen molar-refractivity contribution in [2.75, 3.05) is 13.1 Å². The summed E-state index contributed by atoms with van der Waals surface area (Å²) in [6, 6.07) is 2.00. The summed E-state index contributed by atoms with van der Waals surface area (Å²) in [6.45, 7) is 6.20. The summed E-state index contributed by atoms with van der Waals surface area (Å²) in [6.07, 6.45) is 4.89. The molecule has 0 spiro atoms. The summed E-state index contributed by atoms with van der Waals surface area (Å²) in [5, 5.41) is 11.9. The van der Waals surface area contributed by atoms with Gasteiger partial charge in [-0.3, -0.25) is 0 Å². The van der Waals surface area contributed by atoms with E-state index in [9.17, 15) is 0 Å². The average molecular weight is 312 g/mol. The Bertz CT molecular complexity index is 830. The van der Waals surface area contributed by atoms with E-state index in [0.717, 1.165) is 48.5 Å². The molecule has 0 bridgehead atoms. The van der Waals surface area contributed by atoms with Gasteiger partial charge in [0.15, 0.2) is 5.65 Å². The first-order valence-corrected chi connectivity index (χ1v) is 8.06. The summed E-state index contributed by atoms with van der Waals surface area (Å²) in [4.78, 5) is 9.09. The predicted octanol–water partition coefficient (Wildman–Crippen LogP) is 1.94. The van der Waals surface area contributed by atoms with Crippen molar-refractivity contribution < 1.29 is 4.52 Å². The normalized spacial score (nSPS) is 18.1. The molecule has 23 heavy (non-hydrogen) atoms. The van der Waals surface area contributed by atoms with Crippen molar-refractivity contribution in [3.63, 3.8) is 0 Å². The van der Waals surface area contributed by atoms with Crippen LogP contribution >= 0.6 is 0 Å². The minimum Gasteiger partial charge on any atom is -0.339 e. The van der Waals surface area contributed by atoms with Crippen molar-refractivity contribution >= 4 is 5.65 Å². The molecule has 120 valence electrons. The largest absolute Gasteiger partial charge is 0.339 e. The van der Waals surface area contributed by atoms with E-state index in [0.29, 0.717) is 17.6 Å². The summed E-state index contributed by atoms with van der Waals surface area (Å²) < 4.78 is 7.22. The Morgan fingerprint density at radius 1 is 1.35 bits per heavy atom. The fourth-order valence-corrected chi connectivity index (χ4v) is 3.18. The number of aromatic nitrogens is 5. The lowest BCUT2D eigenvalue weighted by atomic mass is 10.0. The van der Waals surface area contributed by atoms with Gasteiger partial charge in [0.25, 0.3) is 0 Å². The molecule has 1 fully saturated rings. The van der Waals surface area contributed by atoms with E-state index in [4.69, 9.17) is 4.52 Å². The predicted molar refractivity (Wildman–Crippen MR) is 85.1 cm³/mol. The van der Waals surface area contributed by atoms with Gasteiger partial charge in [-0.1, -0.05) is 5.16 Å². The Balaban J connectivity index is 1.59. The van der Waals surface area contributed by atoms with Gasteiger partial charge in [0.05, 0.1) is 11.8 Å². The number of hydrogen-bond acceptors (Lipinski definition) is 6. The Morgan fingerprint density at radius 2 is 2.26 bits per heavy atom. The fraction of sp³-hybridized carbons (Fsp3) is 0.500. The first kappa shape index (κ1) is 14.3. The molecule has 0 radical (unpaired) electrons. The molecule has 7 nitrogen and oxygen atoms in total. The lowest BCUT2D eigenvalue weighted by Crippen LogP contribution is -2.09. The Kier molecular flexibility index (Phi) is 3.57. The average Bonchev–Trinajstić information content (AvgIpc) is 3.25. The number of fused-ring (bicyclic) bond motifs is 1. The second-order valence-corrected chi connectivity index (χ2v) is 6.24. The van der Waals surface area contributed by atoms with E-state index >= 15 is 0 Å². The highest BCUT2D eigenvalue weighted by atomic mass is 16.5. The molecule has 0 aliphatic carbocycles. The zero-order chi connectivity index (χ0) is 15.8. The van der Waals surface area contributed by atoms with Crippen LogP contribution in [0.4, 0.5) is 0 Å². The molecule has 0 saturated carbocycles. The van der Waals surface area contributed by atoms with Crippen LogP contribution in [0.2, 0.25) is 0 Å². The molecule has 1 unspecified atom stereocenters. The van der Waals surface area contributed by atoms with Gasteiger partial charge in [0, 0.05) is 17.8 Å². The third-order valence-electron chi connectivity index (χ3n) is 4.42. The molecule has 7 heteroatoms. The Morgan fingerprint density at radius 3 is 3.09 bits per heavy atom. The summed E-state index contributed by atoms with van der Waals surface area (Å²) in [7, 11) is 0. The van der Waals surface area contributed by atoms with E-state index in [1.54, 1.807) is 6.20 Å². The van der Waals surface area contributed by atoms with Crippen molar-refractivity contribution in [1.82, 2.24) is 30.1 Å². The van der Waals surface area contributed by atoms with Crippen molar-refractivity contribution in [3.8, 4) is 11.4 Å². The van der Waals surface area contributed by atoms with Gasteiger partial charge in [-0.05, 0) is 51.8 Å². The van der Waals surface area contributed by atoms with Crippen molar-refractivity contribution in [2.24, 2.45) is 5.92 Å². The summed E-state index contributed by atoms with van der Waals surface area (Å²) in [5.74, 6) is 1.97. The van der Waals surface area contributed by atoms with E-state index < -0.39 is 0 Å². The molecule has 1 N–H and O–H groups in total. The second-order valence-electron chi connectivity index (χ2n) is 6.24. The lowest BCUT2D eigenvalue weighted by Gasteiger charge is -2.03. The molecule has 3 aromatic heterocycles. The number of nitrogens with one attached hydrogen (secondary N) is 1. The van der Waals surface area contributed by atoms with Gasteiger partial charge >= 0.3 is 0 Å². The van der Waals surface area contributed by atoms with Gasteiger partial charge in [-0.2, -0.15) is 10.1 Å². The van der Waals surface area contributed by atoms with Crippen LogP contribution < -0.4 is 5.32 Å². The molecule has 1 aliphatic heterocycles. The van der Waals surface area contributed by atoms with Crippen LogP contribution in [-0.4, -0.2) is 37.8 Å². The van der Waals surface area contributed by atoms with E-state index in [2.05, 4.69) is 25.5 Å². The topological polar surface area (TPSA) is 81.1 Å². The van der Waals surface area contributed by atoms with Crippen LogP contribution in [-0.2, 0) is 6.42 Å². The van der Waals surface area contributed by atoms with Crippen LogP contribution in [0.15, 0.2) is 16.8 Å². The summed E-state index contributed by atoms with van der Waals surface area (Å²) >= 11 is 0. The Labute approximate surface area is 134 Å². The maximum atomic E-state index is 5.41. The van der Waals surface area contributed by atoms with E-state index in [-0.39, 0.29) is 0 Å². The quantitative estimate of drug-likeness (QED) is 0.793. The molecule has 4 heterocycles. The highest BCUT2D eigenvalue weighted by molar-refractivity contribution is 5.72. The van der Waals surface area contributed by atoms with Gasteiger partial charge in [-0.25, -0.2) is 9.50 Å². The van der Waals surface area contributed by atoms with Crippen LogP contribution in [0.3, 0.4) is 0 Å². The first-order chi connectivity index (χ1) is 11.2. The van der Waals surface area contributed by atoms with E-state index in [1.807, 2.05) is 24.4 Å². The highest BCUT2D eigenvalue weighted by Gasteiger charge is 2.18. The molecule has 0 amide bonds. The van der Waals surface area contributed by atoms with Crippen LogP contribution in [0, 0.1) is 19.8 Å². The van der Waals surface area contributed by atoms with E-state index in [1.165, 1.54) is 6.42 Å². The lowest BCUT2D eigenvalue weighted by molar-refractivity contribution is 0.365.